The lowest BCUT2D eigenvalue weighted by atomic mass is 10.2. The lowest BCUT2D eigenvalue weighted by Gasteiger charge is -2.08. The third kappa shape index (κ3) is 2.87. The Bertz CT molecular complexity index is 831. The van der Waals surface area contributed by atoms with Gasteiger partial charge in [-0.05, 0) is 29.8 Å². The van der Waals surface area contributed by atoms with Crippen LogP contribution in [-0.2, 0) is 11.3 Å². The Labute approximate surface area is 128 Å². The minimum atomic E-state index is -3.69. The predicted octanol–water partition coefficient (Wildman–Crippen LogP) is 2.00. The molecule has 2 aromatic rings. The molecule has 0 spiro atoms. The van der Waals surface area contributed by atoms with Crippen LogP contribution in [0.1, 0.15) is 15.9 Å². The zero-order valence-electron chi connectivity index (χ0n) is 11.9. The van der Waals surface area contributed by atoms with Gasteiger partial charge in [-0.1, -0.05) is 6.07 Å². The Balaban J connectivity index is 1.90. The predicted molar refractivity (Wildman–Crippen MR) is 73.8 cm³/mol. The van der Waals surface area contributed by atoms with Crippen LogP contribution in [0.3, 0.4) is 0 Å². The van der Waals surface area contributed by atoms with Crippen LogP contribution in [0.4, 0.5) is 8.78 Å². The number of carbonyl (C=O) groups excluding carboxylic acids is 1. The lowest BCUT2D eigenvalue weighted by Crippen LogP contribution is -2.26. The maximum Gasteiger partial charge on any atom is 0.586 e. The number of carbonyl (C=O) groups is 1. The number of hydrogen-bond donors (Lipinski definition) is 0. The smallest absolute Gasteiger partial charge is 0.465 e. The molecule has 0 saturated heterocycles. The van der Waals surface area contributed by atoms with Gasteiger partial charge in [0.25, 0.3) is 5.56 Å². The van der Waals surface area contributed by atoms with Crippen molar-refractivity contribution >= 4 is 5.97 Å². The summed E-state index contributed by atoms with van der Waals surface area (Å²) in [6.07, 6.45) is -2.21. The van der Waals surface area contributed by atoms with Gasteiger partial charge in [0.1, 0.15) is 5.56 Å². The van der Waals surface area contributed by atoms with Crippen LogP contribution in [0.2, 0.25) is 0 Å². The van der Waals surface area contributed by atoms with Crippen molar-refractivity contribution in [2.24, 2.45) is 0 Å². The Morgan fingerprint density at radius 2 is 2.00 bits per heavy atom. The summed E-state index contributed by atoms with van der Waals surface area (Å²) in [5, 5.41) is 0. The van der Waals surface area contributed by atoms with Crippen LogP contribution < -0.4 is 15.0 Å². The minimum Gasteiger partial charge on any atom is -0.465 e. The van der Waals surface area contributed by atoms with Crippen LogP contribution in [0, 0.1) is 0 Å². The molecule has 0 radical (unpaired) electrons. The first kappa shape index (κ1) is 15.0. The van der Waals surface area contributed by atoms with Gasteiger partial charge in [0.15, 0.2) is 11.5 Å². The van der Waals surface area contributed by atoms with E-state index in [9.17, 15) is 18.4 Å². The van der Waals surface area contributed by atoms with Gasteiger partial charge >= 0.3 is 12.3 Å². The highest BCUT2D eigenvalue weighted by Crippen LogP contribution is 2.41. The van der Waals surface area contributed by atoms with Crippen LogP contribution in [-0.4, -0.2) is 23.9 Å². The summed E-state index contributed by atoms with van der Waals surface area (Å²) in [7, 11) is 1.18. The summed E-state index contributed by atoms with van der Waals surface area (Å²) in [5.74, 6) is -0.922. The zero-order chi connectivity index (χ0) is 16.6. The van der Waals surface area contributed by atoms with Gasteiger partial charge < -0.3 is 18.8 Å². The molecule has 8 heteroatoms. The Hall–Kier alpha value is -2.90. The van der Waals surface area contributed by atoms with Crippen LogP contribution in [0.5, 0.6) is 11.5 Å². The van der Waals surface area contributed by atoms with E-state index in [0.717, 1.165) is 0 Å². The number of alkyl halides is 2. The number of nitrogens with zero attached hydrogens (tertiary/aromatic N) is 1. The fraction of sp³-hybridized carbons (Fsp3) is 0.200. The van der Waals surface area contributed by atoms with Gasteiger partial charge in [-0.25, -0.2) is 4.79 Å². The number of aromatic nitrogens is 1. The summed E-state index contributed by atoms with van der Waals surface area (Å²) < 4.78 is 40.4. The second-order valence-electron chi connectivity index (χ2n) is 4.80. The molecule has 0 amide bonds. The summed E-state index contributed by atoms with van der Waals surface area (Å²) in [6.45, 7) is 0.0753. The summed E-state index contributed by atoms with van der Waals surface area (Å²) in [5.41, 5.74) is -0.112. The van der Waals surface area contributed by atoms with E-state index in [1.54, 1.807) is 0 Å². The Morgan fingerprint density at radius 3 is 2.74 bits per heavy atom. The maximum atomic E-state index is 13.0. The molecule has 0 fully saturated rings. The van der Waals surface area contributed by atoms with Gasteiger partial charge in [0.05, 0.1) is 13.7 Å². The number of methoxy groups -OCH3 is 1. The first-order chi connectivity index (χ1) is 10.9. The van der Waals surface area contributed by atoms with E-state index in [4.69, 9.17) is 0 Å². The van der Waals surface area contributed by atoms with Crippen LogP contribution in [0.25, 0.3) is 0 Å². The van der Waals surface area contributed by atoms with Crippen LogP contribution in [0.15, 0.2) is 41.3 Å². The molecule has 23 heavy (non-hydrogen) atoms. The van der Waals surface area contributed by atoms with E-state index in [2.05, 4.69) is 14.2 Å². The van der Waals surface area contributed by atoms with Crippen molar-refractivity contribution in [1.29, 1.82) is 0 Å². The van der Waals surface area contributed by atoms with E-state index < -0.39 is 17.8 Å². The molecule has 3 rings (SSSR count). The number of ether oxygens (including phenoxy) is 3. The number of esters is 1. The number of hydrogen-bond acceptors (Lipinski definition) is 5. The Kier molecular flexibility index (Phi) is 3.51. The standard InChI is InChI=1S/C15H11F2NO5/c1-21-14(20)10-3-2-6-18(13(10)19)8-9-4-5-11-12(7-9)23-15(16,17)22-11/h2-7H,8H2,1H3. The molecule has 0 N–H and O–H groups in total. The molecule has 1 aliphatic heterocycles. The topological polar surface area (TPSA) is 66.8 Å². The molecule has 0 aliphatic carbocycles. The summed E-state index contributed by atoms with van der Waals surface area (Å²) >= 11 is 0. The quantitative estimate of drug-likeness (QED) is 0.808. The zero-order valence-corrected chi connectivity index (χ0v) is 11.9. The molecule has 2 heterocycles. The molecule has 0 saturated carbocycles. The monoisotopic (exact) mass is 323 g/mol. The van der Waals surface area contributed by atoms with Gasteiger partial charge in [-0.2, -0.15) is 0 Å². The van der Waals surface area contributed by atoms with Crippen molar-refractivity contribution in [3.05, 3.63) is 58.0 Å². The highest BCUT2D eigenvalue weighted by Gasteiger charge is 2.43. The average molecular weight is 323 g/mol. The second kappa shape index (κ2) is 5.38. The van der Waals surface area contributed by atoms with Crippen molar-refractivity contribution in [3.8, 4) is 11.5 Å². The fourth-order valence-electron chi connectivity index (χ4n) is 2.22. The number of pyridine rings is 1. The van der Waals surface area contributed by atoms with Gasteiger partial charge in [0.2, 0.25) is 0 Å². The van der Waals surface area contributed by atoms with Crippen molar-refractivity contribution < 1.29 is 27.8 Å². The number of benzene rings is 1. The second-order valence-corrected chi connectivity index (χ2v) is 4.80. The number of fused-ring (bicyclic) bond motifs is 1. The molecule has 1 aromatic carbocycles. The van der Waals surface area contributed by atoms with E-state index in [0.29, 0.717) is 5.56 Å². The van der Waals surface area contributed by atoms with Crippen molar-refractivity contribution in [2.75, 3.05) is 7.11 Å². The first-order valence-electron chi connectivity index (χ1n) is 6.56. The first-order valence-corrected chi connectivity index (χ1v) is 6.56. The van der Waals surface area contributed by atoms with E-state index in [1.165, 1.54) is 48.2 Å². The molecule has 6 nitrogen and oxygen atoms in total. The third-order valence-electron chi connectivity index (χ3n) is 3.24. The molecular formula is C15H11F2NO5. The van der Waals surface area contributed by atoms with E-state index >= 15 is 0 Å². The van der Waals surface area contributed by atoms with E-state index in [-0.39, 0.29) is 23.6 Å². The average Bonchev–Trinajstić information content (AvgIpc) is 2.81. The van der Waals surface area contributed by atoms with Crippen molar-refractivity contribution in [1.82, 2.24) is 4.57 Å². The summed E-state index contributed by atoms with van der Waals surface area (Å²) in [4.78, 5) is 23.7. The van der Waals surface area contributed by atoms with Crippen LogP contribution >= 0.6 is 0 Å². The third-order valence-corrected chi connectivity index (χ3v) is 3.24. The number of rotatable bonds is 3. The van der Waals surface area contributed by atoms with Gasteiger partial charge in [0, 0.05) is 6.20 Å². The summed E-state index contributed by atoms with van der Waals surface area (Å²) in [6, 6.07) is 7.09. The molecule has 1 aromatic heterocycles. The Morgan fingerprint density at radius 1 is 1.26 bits per heavy atom. The molecule has 0 bridgehead atoms. The molecule has 1 aliphatic rings. The normalized spacial score (nSPS) is 14.6. The van der Waals surface area contributed by atoms with Gasteiger partial charge in [-0.3, -0.25) is 4.79 Å². The molecule has 0 unspecified atom stereocenters. The van der Waals surface area contributed by atoms with E-state index in [1.807, 2.05) is 0 Å². The SMILES string of the molecule is COC(=O)c1cccn(Cc2ccc3c(c2)OC(F)(F)O3)c1=O. The fourth-order valence-corrected chi connectivity index (χ4v) is 2.22. The maximum absolute atomic E-state index is 13.0. The molecular weight excluding hydrogens is 312 g/mol. The van der Waals surface area contributed by atoms with Gasteiger partial charge in [-0.15, -0.1) is 8.78 Å². The molecule has 120 valence electrons. The number of halogens is 2. The minimum absolute atomic E-state index is 0.0746. The van der Waals surface area contributed by atoms with Crippen molar-refractivity contribution in [2.45, 2.75) is 12.8 Å². The lowest BCUT2D eigenvalue weighted by molar-refractivity contribution is -0.286. The molecule has 0 atom stereocenters. The highest BCUT2D eigenvalue weighted by molar-refractivity contribution is 5.88. The largest absolute Gasteiger partial charge is 0.586 e. The van der Waals surface area contributed by atoms with Crippen molar-refractivity contribution in [3.63, 3.8) is 0 Å². The highest BCUT2D eigenvalue weighted by atomic mass is 19.3.